The average molecular weight is 295 g/mol. The minimum Gasteiger partial charge on any atom is -0.395 e. The Bertz CT molecular complexity index is 489. The van der Waals surface area contributed by atoms with Crippen molar-refractivity contribution in [1.82, 2.24) is 16.1 Å². The molecule has 2 amide bonds. The monoisotopic (exact) mass is 295 g/mol. The van der Waals surface area contributed by atoms with Crippen molar-refractivity contribution >= 4 is 17.9 Å². The number of nitro benzene ring substituents is 1. The Morgan fingerprint density at radius 2 is 2.00 bits per heavy atom. The number of aliphatic hydroxyl groups excluding tert-OH is 1. The summed E-state index contributed by atoms with van der Waals surface area (Å²) in [4.78, 5) is 21.3. The van der Waals surface area contributed by atoms with Gasteiger partial charge in [0.05, 0.1) is 17.7 Å². The molecule has 0 saturated carbocycles. The number of hydrogen-bond donors (Lipinski definition) is 4. The first kappa shape index (κ1) is 16.5. The number of hydrazone groups is 1. The van der Waals surface area contributed by atoms with Crippen molar-refractivity contribution in [2.24, 2.45) is 5.10 Å². The van der Waals surface area contributed by atoms with Crippen molar-refractivity contribution in [2.75, 3.05) is 26.2 Å². The summed E-state index contributed by atoms with van der Waals surface area (Å²) in [6.07, 6.45) is 1.38. The standard InChI is InChI=1S/C12H17N5O4/c18-8-7-13-5-6-14-12(19)16-15-9-10-1-3-11(4-2-10)17(20)21/h1-4,9,13,18H,5-8H2,(H2,14,16,19). The highest BCUT2D eigenvalue weighted by Gasteiger charge is 2.02. The SMILES string of the molecule is O=C(NCCNCCO)NN=Cc1ccc([N+](=O)[O-])cc1. The lowest BCUT2D eigenvalue weighted by Crippen LogP contribution is -2.37. The van der Waals surface area contributed by atoms with Crippen LogP contribution in [0.4, 0.5) is 10.5 Å². The number of amides is 2. The van der Waals surface area contributed by atoms with Gasteiger partial charge in [0.25, 0.3) is 5.69 Å². The molecule has 1 rings (SSSR count). The number of nitrogens with zero attached hydrogens (tertiary/aromatic N) is 2. The molecule has 1 aromatic carbocycles. The van der Waals surface area contributed by atoms with E-state index in [9.17, 15) is 14.9 Å². The first-order valence-electron chi connectivity index (χ1n) is 6.26. The van der Waals surface area contributed by atoms with Crippen molar-refractivity contribution < 1.29 is 14.8 Å². The van der Waals surface area contributed by atoms with E-state index < -0.39 is 11.0 Å². The van der Waals surface area contributed by atoms with E-state index in [1.807, 2.05) is 0 Å². The number of nitro groups is 1. The molecule has 9 nitrogen and oxygen atoms in total. The summed E-state index contributed by atoms with van der Waals surface area (Å²) in [5.74, 6) is 0. The lowest BCUT2D eigenvalue weighted by atomic mass is 10.2. The maximum absolute atomic E-state index is 11.3. The van der Waals surface area contributed by atoms with Gasteiger partial charge in [-0.25, -0.2) is 10.2 Å². The molecule has 0 heterocycles. The quantitative estimate of drug-likeness (QED) is 0.229. The summed E-state index contributed by atoms with van der Waals surface area (Å²) in [7, 11) is 0. The Labute approximate surface area is 121 Å². The molecule has 0 aliphatic carbocycles. The molecule has 0 atom stereocenters. The van der Waals surface area contributed by atoms with Crippen LogP contribution in [0.2, 0.25) is 0 Å². The molecule has 0 aromatic heterocycles. The smallest absolute Gasteiger partial charge is 0.335 e. The fraction of sp³-hybridized carbons (Fsp3) is 0.333. The van der Waals surface area contributed by atoms with E-state index in [2.05, 4.69) is 21.2 Å². The lowest BCUT2D eigenvalue weighted by molar-refractivity contribution is -0.384. The predicted molar refractivity (Wildman–Crippen MR) is 77.2 cm³/mol. The molecular weight excluding hydrogens is 278 g/mol. The second kappa shape index (κ2) is 9.39. The lowest BCUT2D eigenvalue weighted by Gasteiger charge is -2.04. The molecule has 0 bridgehead atoms. The van der Waals surface area contributed by atoms with E-state index in [4.69, 9.17) is 5.11 Å². The number of urea groups is 1. The van der Waals surface area contributed by atoms with Crippen molar-refractivity contribution in [3.05, 3.63) is 39.9 Å². The number of aliphatic hydroxyl groups is 1. The van der Waals surface area contributed by atoms with Gasteiger partial charge >= 0.3 is 6.03 Å². The molecule has 1 aromatic rings. The van der Waals surface area contributed by atoms with Gasteiger partial charge in [0, 0.05) is 31.8 Å². The van der Waals surface area contributed by atoms with Crippen LogP contribution >= 0.6 is 0 Å². The summed E-state index contributed by atoms with van der Waals surface area (Å²) in [6, 6.07) is 5.31. The molecule has 4 N–H and O–H groups in total. The van der Waals surface area contributed by atoms with Crippen molar-refractivity contribution in [3.63, 3.8) is 0 Å². The topological polar surface area (TPSA) is 129 Å². The van der Waals surface area contributed by atoms with E-state index in [0.29, 0.717) is 25.2 Å². The number of benzene rings is 1. The number of carbonyl (C=O) groups excluding carboxylic acids is 1. The molecule has 0 unspecified atom stereocenters. The number of nitrogens with one attached hydrogen (secondary N) is 3. The highest BCUT2D eigenvalue weighted by atomic mass is 16.6. The number of rotatable bonds is 8. The van der Waals surface area contributed by atoms with Gasteiger partial charge in [0.1, 0.15) is 0 Å². The predicted octanol–water partition coefficient (Wildman–Crippen LogP) is -0.190. The zero-order valence-corrected chi connectivity index (χ0v) is 11.3. The maximum atomic E-state index is 11.3. The van der Waals surface area contributed by atoms with Crippen LogP contribution in [-0.4, -0.2) is 48.5 Å². The molecule has 0 aliphatic heterocycles. The van der Waals surface area contributed by atoms with Gasteiger partial charge in [-0.1, -0.05) is 0 Å². The fourth-order valence-electron chi connectivity index (χ4n) is 1.36. The highest BCUT2D eigenvalue weighted by molar-refractivity contribution is 5.82. The van der Waals surface area contributed by atoms with Crippen LogP contribution in [-0.2, 0) is 0 Å². The van der Waals surface area contributed by atoms with Crippen LogP contribution in [0, 0.1) is 10.1 Å². The Balaban J connectivity index is 2.27. The van der Waals surface area contributed by atoms with Gasteiger partial charge in [0.15, 0.2) is 0 Å². The van der Waals surface area contributed by atoms with E-state index in [-0.39, 0.29) is 12.3 Å². The van der Waals surface area contributed by atoms with Crippen LogP contribution in [0.3, 0.4) is 0 Å². The number of carbonyl (C=O) groups is 1. The van der Waals surface area contributed by atoms with Gasteiger partial charge < -0.3 is 15.7 Å². The Hall–Kier alpha value is -2.52. The van der Waals surface area contributed by atoms with Gasteiger partial charge in [-0.05, 0) is 17.7 Å². The van der Waals surface area contributed by atoms with Crippen LogP contribution in [0.25, 0.3) is 0 Å². The van der Waals surface area contributed by atoms with Crippen LogP contribution < -0.4 is 16.1 Å². The average Bonchev–Trinajstić information content (AvgIpc) is 2.47. The van der Waals surface area contributed by atoms with Crippen molar-refractivity contribution in [1.29, 1.82) is 0 Å². The first-order chi connectivity index (χ1) is 10.1. The number of non-ortho nitro benzene ring substituents is 1. The molecule has 0 spiro atoms. The Kier molecular flexibility index (Phi) is 7.40. The van der Waals surface area contributed by atoms with Crippen LogP contribution in [0.5, 0.6) is 0 Å². The molecule has 9 heteroatoms. The summed E-state index contributed by atoms with van der Waals surface area (Å²) in [6.45, 7) is 1.46. The van der Waals surface area contributed by atoms with Crippen molar-refractivity contribution in [3.8, 4) is 0 Å². The summed E-state index contributed by atoms with van der Waals surface area (Å²) in [5, 5.41) is 28.2. The minimum atomic E-state index is -0.489. The largest absolute Gasteiger partial charge is 0.395 e. The summed E-state index contributed by atoms with van der Waals surface area (Å²) >= 11 is 0. The summed E-state index contributed by atoms with van der Waals surface area (Å²) < 4.78 is 0. The van der Waals surface area contributed by atoms with Gasteiger partial charge in [-0.2, -0.15) is 5.10 Å². The third-order valence-corrected chi connectivity index (χ3v) is 2.36. The zero-order valence-electron chi connectivity index (χ0n) is 11.3. The van der Waals surface area contributed by atoms with Crippen molar-refractivity contribution in [2.45, 2.75) is 0 Å². The van der Waals surface area contributed by atoms with Crippen LogP contribution in [0.1, 0.15) is 5.56 Å². The Morgan fingerprint density at radius 3 is 2.62 bits per heavy atom. The number of hydrogen-bond acceptors (Lipinski definition) is 6. The molecule has 0 saturated heterocycles. The zero-order chi connectivity index (χ0) is 15.5. The van der Waals surface area contributed by atoms with E-state index in [0.717, 1.165) is 0 Å². The second-order valence-corrected chi connectivity index (χ2v) is 3.95. The fourth-order valence-corrected chi connectivity index (χ4v) is 1.36. The summed E-state index contributed by atoms with van der Waals surface area (Å²) in [5.41, 5.74) is 2.89. The maximum Gasteiger partial charge on any atom is 0.335 e. The third-order valence-electron chi connectivity index (χ3n) is 2.36. The second-order valence-electron chi connectivity index (χ2n) is 3.95. The minimum absolute atomic E-state index is 0.00627. The van der Waals surface area contributed by atoms with Gasteiger partial charge in [-0.3, -0.25) is 10.1 Å². The highest BCUT2D eigenvalue weighted by Crippen LogP contribution is 2.10. The molecule has 0 fully saturated rings. The molecular formula is C12H17N5O4. The normalized spacial score (nSPS) is 10.5. The molecule has 0 aliphatic rings. The molecule has 114 valence electrons. The van der Waals surface area contributed by atoms with Crippen LogP contribution in [0.15, 0.2) is 29.4 Å². The van der Waals surface area contributed by atoms with E-state index in [1.165, 1.54) is 30.5 Å². The third kappa shape index (κ3) is 6.99. The first-order valence-corrected chi connectivity index (χ1v) is 6.26. The molecule has 0 radical (unpaired) electrons. The molecule has 21 heavy (non-hydrogen) atoms. The van der Waals surface area contributed by atoms with E-state index >= 15 is 0 Å². The van der Waals surface area contributed by atoms with Gasteiger partial charge in [0.2, 0.25) is 0 Å². The van der Waals surface area contributed by atoms with E-state index in [1.54, 1.807) is 0 Å². The Morgan fingerprint density at radius 1 is 1.29 bits per heavy atom. The van der Waals surface area contributed by atoms with Gasteiger partial charge in [-0.15, -0.1) is 0 Å².